The fourth-order valence-electron chi connectivity index (χ4n) is 2.26. The highest BCUT2D eigenvalue weighted by atomic mass is 35.5. The summed E-state index contributed by atoms with van der Waals surface area (Å²) in [5.41, 5.74) is 1.00. The summed E-state index contributed by atoms with van der Waals surface area (Å²) in [4.78, 5) is 0. The Labute approximate surface area is 131 Å². The minimum atomic E-state index is -0.0383. The Morgan fingerprint density at radius 1 is 1.24 bits per heavy atom. The van der Waals surface area contributed by atoms with Gasteiger partial charge in [-0.1, -0.05) is 31.5 Å². The third-order valence-corrected chi connectivity index (χ3v) is 3.76. The molecule has 1 aromatic carbocycles. The van der Waals surface area contributed by atoms with E-state index in [2.05, 4.69) is 19.2 Å². The minimum absolute atomic E-state index is 0.0383. The van der Waals surface area contributed by atoms with Crippen LogP contribution in [0.15, 0.2) is 34.7 Å². The van der Waals surface area contributed by atoms with Gasteiger partial charge in [0.15, 0.2) is 0 Å². The average molecular weight is 308 g/mol. The SMILES string of the molecule is CCCNC(c1ccc(CC)o1)c1ccc(OC)cc1Cl. The summed E-state index contributed by atoms with van der Waals surface area (Å²) in [6.07, 6.45) is 1.93. The number of benzene rings is 1. The molecule has 0 amide bonds. The van der Waals surface area contributed by atoms with Gasteiger partial charge in [-0.25, -0.2) is 0 Å². The Bertz CT molecular complexity index is 580. The lowest BCUT2D eigenvalue weighted by molar-refractivity contribution is 0.411. The van der Waals surface area contributed by atoms with Crippen molar-refractivity contribution in [3.05, 3.63) is 52.4 Å². The molecule has 0 radical (unpaired) electrons. The van der Waals surface area contributed by atoms with Crippen LogP contribution in [0.3, 0.4) is 0 Å². The molecule has 0 bridgehead atoms. The number of hydrogen-bond acceptors (Lipinski definition) is 3. The van der Waals surface area contributed by atoms with Crippen molar-refractivity contribution >= 4 is 11.6 Å². The van der Waals surface area contributed by atoms with Crippen molar-refractivity contribution in [3.63, 3.8) is 0 Å². The summed E-state index contributed by atoms with van der Waals surface area (Å²) in [6, 6.07) is 9.75. The highest BCUT2D eigenvalue weighted by Gasteiger charge is 2.20. The minimum Gasteiger partial charge on any atom is -0.497 e. The van der Waals surface area contributed by atoms with Gasteiger partial charge in [0.25, 0.3) is 0 Å². The molecule has 1 heterocycles. The molecule has 1 unspecified atom stereocenters. The molecular formula is C17H22ClNO2. The summed E-state index contributed by atoms with van der Waals surface area (Å²) in [5.74, 6) is 2.64. The number of furan rings is 1. The van der Waals surface area contributed by atoms with E-state index in [1.54, 1.807) is 7.11 Å². The van der Waals surface area contributed by atoms with E-state index in [1.165, 1.54) is 0 Å². The molecule has 21 heavy (non-hydrogen) atoms. The van der Waals surface area contributed by atoms with Crippen molar-refractivity contribution < 1.29 is 9.15 Å². The first-order chi connectivity index (χ1) is 10.2. The van der Waals surface area contributed by atoms with Crippen LogP contribution in [0.2, 0.25) is 5.02 Å². The summed E-state index contributed by atoms with van der Waals surface area (Å²) in [5, 5.41) is 4.18. The van der Waals surface area contributed by atoms with E-state index < -0.39 is 0 Å². The number of ether oxygens (including phenoxy) is 1. The van der Waals surface area contributed by atoms with E-state index in [0.29, 0.717) is 5.02 Å². The molecule has 0 spiro atoms. The largest absolute Gasteiger partial charge is 0.497 e. The molecule has 0 saturated carbocycles. The quantitative estimate of drug-likeness (QED) is 0.812. The number of hydrogen-bond donors (Lipinski definition) is 1. The van der Waals surface area contributed by atoms with Gasteiger partial charge in [-0.3, -0.25) is 0 Å². The number of aryl methyl sites for hydroxylation is 1. The maximum Gasteiger partial charge on any atom is 0.125 e. The molecule has 3 nitrogen and oxygen atoms in total. The third kappa shape index (κ3) is 3.80. The van der Waals surface area contributed by atoms with Crippen LogP contribution in [0.5, 0.6) is 5.75 Å². The fraction of sp³-hybridized carbons (Fsp3) is 0.412. The average Bonchev–Trinajstić information content (AvgIpc) is 2.97. The van der Waals surface area contributed by atoms with E-state index >= 15 is 0 Å². The number of methoxy groups -OCH3 is 1. The Hall–Kier alpha value is -1.45. The maximum absolute atomic E-state index is 6.41. The number of rotatable bonds is 7. The molecule has 0 aliphatic heterocycles. The summed E-state index contributed by atoms with van der Waals surface area (Å²) in [6.45, 7) is 5.12. The van der Waals surface area contributed by atoms with Crippen LogP contribution in [0.4, 0.5) is 0 Å². The normalized spacial score (nSPS) is 12.4. The maximum atomic E-state index is 6.41. The van der Waals surface area contributed by atoms with E-state index in [9.17, 15) is 0 Å². The molecule has 2 aromatic rings. The van der Waals surface area contributed by atoms with Gasteiger partial charge in [0.1, 0.15) is 17.3 Å². The van der Waals surface area contributed by atoms with E-state index in [4.69, 9.17) is 20.8 Å². The molecule has 0 saturated heterocycles. The van der Waals surface area contributed by atoms with Crippen LogP contribution in [0.25, 0.3) is 0 Å². The van der Waals surface area contributed by atoms with Crippen LogP contribution in [0, 0.1) is 0 Å². The Balaban J connectivity index is 2.35. The Morgan fingerprint density at radius 2 is 2.05 bits per heavy atom. The van der Waals surface area contributed by atoms with Crippen molar-refractivity contribution in [3.8, 4) is 5.75 Å². The van der Waals surface area contributed by atoms with Crippen molar-refractivity contribution in [2.45, 2.75) is 32.7 Å². The van der Waals surface area contributed by atoms with E-state index in [1.807, 2.05) is 30.3 Å². The monoisotopic (exact) mass is 307 g/mol. The van der Waals surface area contributed by atoms with Gasteiger partial charge < -0.3 is 14.5 Å². The zero-order chi connectivity index (χ0) is 15.2. The van der Waals surface area contributed by atoms with Crippen molar-refractivity contribution in [2.24, 2.45) is 0 Å². The molecule has 1 atom stereocenters. The van der Waals surface area contributed by atoms with Crippen molar-refractivity contribution in [1.29, 1.82) is 0 Å². The second-order valence-electron chi connectivity index (χ2n) is 4.93. The summed E-state index contributed by atoms with van der Waals surface area (Å²) < 4.78 is 11.1. The van der Waals surface area contributed by atoms with E-state index in [0.717, 1.165) is 42.2 Å². The van der Waals surface area contributed by atoms with Gasteiger partial charge in [-0.15, -0.1) is 0 Å². The predicted molar refractivity (Wildman–Crippen MR) is 86.2 cm³/mol. The van der Waals surface area contributed by atoms with Gasteiger partial charge in [0.2, 0.25) is 0 Å². The second kappa shape index (κ2) is 7.53. The first kappa shape index (κ1) is 15.9. The molecule has 1 aromatic heterocycles. The lowest BCUT2D eigenvalue weighted by atomic mass is 10.0. The van der Waals surface area contributed by atoms with Gasteiger partial charge in [-0.2, -0.15) is 0 Å². The molecule has 4 heteroatoms. The lowest BCUT2D eigenvalue weighted by Crippen LogP contribution is -2.23. The van der Waals surface area contributed by atoms with Gasteiger partial charge in [0, 0.05) is 11.4 Å². The smallest absolute Gasteiger partial charge is 0.125 e. The van der Waals surface area contributed by atoms with Crippen molar-refractivity contribution in [2.75, 3.05) is 13.7 Å². The first-order valence-corrected chi connectivity index (χ1v) is 7.72. The predicted octanol–water partition coefficient (Wildman–Crippen LogP) is 4.59. The van der Waals surface area contributed by atoms with Crippen LogP contribution in [0.1, 0.15) is 43.4 Å². The molecule has 2 rings (SSSR count). The van der Waals surface area contributed by atoms with Crippen LogP contribution < -0.4 is 10.1 Å². The van der Waals surface area contributed by atoms with Gasteiger partial charge in [0.05, 0.1) is 13.2 Å². The lowest BCUT2D eigenvalue weighted by Gasteiger charge is -2.18. The van der Waals surface area contributed by atoms with E-state index in [-0.39, 0.29) is 6.04 Å². The standard InChI is InChI=1S/C17H22ClNO2/c1-4-10-19-17(16-9-7-12(5-2)21-16)14-8-6-13(20-3)11-15(14)18/h6-9,11,17,19H,4-5,10H2,1-3H3. The Morgan fingerprint density at radius 3 is 2.62 bits per heavy atom. The summed E-state index contributed by atoms with van der Waals surface area (Å²) in [7, 11) is 1.64. The highest BCUT2D eigenvalue weighted by molar-refractivity contribution is 6.31. The highest BCUT2D eigenvalue weighted by Crippen LogP contribution is 2.32. The Kier molecular flexibility index (Phi) is 5.71. The molecule has 0 aliphatic rings. The zero-order valence-electron chi connectivity index (χ0n) is 12.8. The fourth-order valence-corrected chi connectivity index (χ4v) is 2.54. The zero-order valence-corrected chi connectivity index (χ0v) is 13.5. The van der Waals surface area contributed by atoms with Crippen molar-refractivity contribution in [1.82, 2.24) is 5.32 Å². The number of halogens is 1. The molecule has 0 fully saturated rings. The molecule has 1 N–H and O–H groups in total. The molecule has 0 aliphatic carbocycles. The molecule has 114 valence electrons. The molecular weight excluding hydrogens is 286 g/mol. The topological polar surface area (TPSA) is 34.4 Å². The van der Waals surface area contributed by atoms with Crippen LogP contribution >= 0.6 is 11.6 Å². The van der Waals surface area contributed by atoms with Gasteiger partial charge >= 0.3 is 0 Å². The first-order valence-electron chi connectivity index (χ1n) is 7.35. The van der Waals surface area contributed by atoms with Gasteiger partial charge in [-0.05, 0) is 42.8 Å². The van der Waals surface area contributed by atoms with Crippen LogP contribution in [-0.2, 0) is 6.42 Å². The second-order valence-corrected chi connectivity index (χ2v) is 5.34. The summed E-state index contributed by atoms with van der Waals surface area (Å²) >= 11 is 6.41. The third-order valence-electron chi connectivity index (χ3n) is 3.43. The number of nitrogens with one attached hydrogen (secondary N) is 1. The van der Waals surface area contributed by atoms with Crippen LogP contribution in [-0.4, -0.2) is 13.7 Å².